The van der Waals surface area contributed by atoms with E-state index in [2.05, 4.69) is 21.9 Å². The number of aryl methyl sites for hydroxylation is 1. The van der Waals surface area contributed by atoms with Crippen molar-refractivity contribution in [1.29, 1.82) is 0 Å². The van der Waals surface area contributed by atoms with Crippen LogP contribution in [-0.4, -0.2) is 63.0 Å². The minimum atomic E-state index is -0.150. The van der Waals surface area contributed by atoms with Crippen molar-refractivity contribution in [1.82, 2.24) is 24.0 Å². The molecule has 0 unspecified atom stereocenters. The molecule has 0 amide bonds. The van der Waals surface area contributed by atoms with Crippen molar-refractivity contribution in [2.45, 2.75) is 44.4 Å². The molecule has 0 aliphatic carbocycles. The predicted molar refractivity (Wildman–Crippen MR) is 98.0 cm³/mol. The number of hydrogen-bond donors (Lipinski definition) is 0. The van der Waals surface area contributed by atoms with Gasteiger partial charge in [0.2, 0.25) is 11.2 Å². The second-order valence-corrected chi connectivity index (χ2v) is 7.55. The van der Waals surface area contributed by atoms with E-state index in [1.807, 2.05) is 6.92 Å². The lowest BCUT2D eigenvalue weighted by Gasteiger charge is -2.26. The third kappa shape index (κ3) is 2.90. The van der Waals surface area contributed by atoms with E-state index in [-0.39, 0.29) is 23.1 Å². The third-order valence-corrected chi connectivity index (χ3v) is 5.72. The highest BCUT2D eigenvalue weighted by atomic mass is 35.5. The standard InChI is InChI=1S/C17H24ClN5O3/c1-10(12-5-4-7-21(12)2)26-15-13-14(19-16(18)20-15)23(17(24)22(13)3)11-6-8-25-9-11/h10-12H,4-9H2,1-3H3/t10-,11+,12-/m0/s1. The summed E-state index contributed by atoms with van der Waals surface area (Å²) in [5.74, 6) is 0.366. The van der Waals surface area contributed by atoms with Gasteiger partial charge < -0.3 is 9.47 Å². The van der Waals surface area contributed by atoms with E-state index in [0.717, 1.165) is 25.8 Å². The molecule has 0 aromatic carbocycles. The van der Waals surface area contributed by atoms with Crippen LogP contribution in [0.25, 0.3) is 11.2 Å². The zero-order valence-electron chi connectivity index (χ0n) is 15.3. The summed E-state index contributed by atoms with van der Waals surface area (Å²) in [6.45, 7) is 4.24. The number of rotatable bonds is 4. The van der Waals surface area contributed by atoms with Gasteiger partial charge in [0.25, 0.3) is 0 Å². The average Bonchev–Trinajstić information content (AvgIpc) is 3.29. The van der Waals surface area contributed by atoms with Crippen molar-refractivity contribution in [2.24, 2.45) is 7.05 Å². The zero-order valence-corrected chi connectivity index (χ0v) is 16.1. The van der Waals surface area contributed by atoms with E-state index < -0.39 is 0 Å². The Kier molecular flexibility index (Phi) is 4.66. The molecule has 0 bridgehead atoms. The van der Waals surface area contributed by atoms with Gasteiger partial charge in [0.15, 0.2) is 11.2 Å². The van der Waals surface area contributed by atoms with Gasteiger partial charge in [0.05, 0.1) is 12.6 Å². The van der Waals surface area contributed by atoms with Gasteiger partial charge in [-0.15, -0.1) is 0 Å². The molecule has 2 aliphatic heterocycles. The number of ether oxygens (including phenoxy) is 2. The van der Waals surface area contributed by atoms with Crippen LogP contribution in [0.5, 0.6) is 5.88 Å². The normalized spacial score (nSPS) is 25.2. The second-order valence-electron chi connectivity index (χ2n) is 7.21. The molecule has 2 aliphatic rings. The molecule has 0 saturated carbocycles. The van der Waals surface area contributed by atoms with E-state index in [4.69, 9.17) is 21.1 Å². The van der Waals surface area contributed by atoms with E-state index in [0.29, 0.717) is 36.3 Å². The Morgan fingerprint density at radius 1 is 1.31 bits per heavy atom. The van der Waals surface area contributed by atoms with Crippen LogP contribution in [0.4, 0.5) is 0 Å². The Bertz CT molecular complexity index is 873. The molecule has 4 heterocycles. The molecule has 0 N–H and O–H groups in total. The first kappa shape index (κ1) is 17.8. The fourth-order valence-electron chi connectivity index (χ4n) is 4.13. The van der Waals surface area contributed by atoms with Crippen LogP contribution < -0.4 is 10.4 Å². The zero-order chi connectivity index (χ0) is 18.4. The SMILES string of the molecule is C[C@H](Oc1nc(Cl)nc2c1n(C)c(=O)n2[C@@H]1CCOC1)[C@@H]1CCCN1C. The van der Waals surface area contributed by atoms with E-state index >= 15 is 0 Å². The number of fused-ring (bicyclic) bond motifs is 1. The molecule has 2 saturated heterocycles. The number of nitrogens with zero attached hydrogens (tertiary/aromatic N) is 5. The van der Waals surface area contributed by atoms with Gasteiger partial charge in [0.1, 0.15) is 6.10 Å². The summed E-state index contributed by atoms with van der Waals surface area (Å²) in [7, 11) is 3.82. The molecular formula is C17H24ClN5O3. The maximum absolute atomic E-state index is 12.8. The lowest BCUT2D eigenvalue weighted by Crippen LogP contribution is -2.38. The third-order valence-electron chi connectivity index (χ3n) is 5.55. The van der Waals surface area contributed by atoms with Gasteiger partial charge in [-0.2, -0.15) is 9.97 Å². The van der Waals surface area contributed by atoms with Crippen LogP contribution in [0.1, 0.15) is 32.2 Å². The van der Waals surface area contributed by atoms with Crippen molar-refractivity contribution in [2.75, 3.05) is 26.8 Å². The first-order valence-electron chi connectivity index (χ1n) is 9.06. The molecule has 2 aromatic rings. The summed E-state index contributed by atoms with van der Waals surface area (Å²) >= 11 is 6.17. The van der Waals surface area contributed by atoms with Crippen LogP contribution >= 0.6 is 11.6 Å². The van der Waals surface area contributed by atoms with E-state index in [1.54, 1.807) is 16.2 Å². The molecule has 26 heavy (non-hydrogen) atoms. The Labute approximate surface area is 156 Å². The fourth-order valence-corrected chi connectivity index (χ4v) is 4.28. The molecule has 2 aromatic heterocycles. The first-order valence-corrected chi connectivity index (χ1v) is 9.44. The van der Waals surface area contributed by atoms with Gasteiger partial charge in [-0.05, 0) is 51.4 Å². The number of halogens is 1. The molecule has 9 heteroatoms. The van der Waals surface area contributed by atoms with Crippen LogP contribution in [-0.2, 0) is 11.8 Å². The predicted octanol–water partition coefficient (Wildman–Crippen LogP) is 1.61. The molecule has 142 valence electrons. The number of likely N-dealkylation sites (N-methyl/N-ethyl adjacent to an activating group) is 1. The Morgan fingerprint density at radius 2 is 2.12 bits per heavy atom. The summed E-state index contributed by atoms with van der Waals surface area (Å²) < 4.78 is 14.8. The smallest absolute Gasteiger partial charge is 0.330 e. The van der Waals surface area contributed by atoms with Crippen LogP contribution in [0.15, 0.2) is 4.79 Å². The largest absolute Gasteiger partial charge is 0.471 e. The Balaban J connectivity index is 1.77. The van der Waals surface area contributed by atoms with Crippen molar-refractivity contribution in [3.05, 3.63) is 15.8 Å². The minimum Gasteiger partial charge on any atom is -0.471 e. The van der Waals surface area contributed by atoms with E-state index in [1.165, 1.54) is 0 Å². The van der Waals surface area contributed by atoms with Crippen molar-refractivity contribution < 1.29 is 9.47 Å². The van der Waals surface area contributed by atoms with Crippen molar-refractivity contribution in [3.63, 3.8) is 0 Å². The molecule has 0 spiro atoms. The summed E-state index contributed by atoms with van der Waals surface area (Å²) in [6, 6.07) is 0.282. The van der Waals surface area contributed by atoms with Gasteiger partial charge >= 0.3 is 5.69 Å². The molecule has 3 atom stereocenters. The Morgan fingerprint density at radius 3 is 2.77 bits per heavy atom. The van der Waals surface area contributed by atoms with Gasteiger partial charge in [-0.3, -0.25) is 14.0 Å². The Hall–Kier alpha value is -1.64. The minimum absolute atomic E-state index is 0.0385. The molecule has 4 rings (SSSR count). The van der Waals surface area contributed by atoms with Gasteiger partial charge in [-0.25, -0.2) is 4.79 Å². The van der Waals surface area contributed by atoms with Gasteiger partial charge in [0, 0.05) is 19.7 Å². The van der Waals surface area contributed by atoms with Crippen LogP contribution in [0.3, 0.4) is 0 Å². The highest BCUT2D eigenvalue weighted by Gasteiger charge is 2.31. The molecule has 8 nitrogen and oxygen atoms in total. The maximum Gasteiger partial charge on any atom is 0.330 e. The lowest BCUT2D eigenvalue weighted by atomic mass is 10.1. The average molecular weight is 382 g/mol. The quantitative estimate of drug-likeness (QED) is 0.749. The van der Waals surface area contributed by atoms with Gasteiger partial charge in [-0.1, -0.05) is 0 Å². The molecular weight excluding hydrogens is 358 g/mol. The van der Waals surface area contributed by atoms with E-state index in [9.17, 15) is 4.79 Å². The summed E-state index contributed by atoms with van der Waals surface area (Å²) in [4.78, 5) is 23.7. The van der Waals surface area contributed by atoms with Crippen molar-refractivity contribution >= 4 is 22.8 Å². The summed E-state index contributed by atoms with van der Waals surface area (Å²) in [5, 5.41) is 0.0812. The number of likely N-dealkylation sites (tertiary alicyclic amines) is 1. The number of hydrogen-bond acceptors (Lipinski definition) is 6. The van der Waals surface area contributed by atoms with Crippen LogP contribution in [0, 0.1) is 0 Å². The molecule has 2 fully saturated rings. The highest BCUT2D eigenvalue weighted by Crippen LogP contribution is 2.29. The monoisotopic (exact) mass is 381 g/mol. The van der Waals surface area contributed by atoms with Crippen LogP contribution in [0.2, 0.25) is 5.28 Å². The van der Waals surface area contributed by atoms with Crippen molar-refractivity contribution in [3.8, 4) is 5.88 Å². The number of imidazole rings is 1. The fraction of sp³-hybridized carbons (Fsp3) is 0.706. The summed E-state index contributed by atoms with van der Waals surface area (Å²) in [5.41, 5.74) is 0.941. The summed E-state index contributed by atoms with van der Waals surface area (Å²) in [6.07, 6.45) is 2.95. The maximum atomic E-state index is 12.8. The topological polar surface area (TPSA) is 74.4 Å². The first-order chi connectivity index (χ1) is 12.5. The second kappa shape index (κ2) is 6.83. The number of aromatic nitrogens is 4. The molecule has 0 radical (unpaired) electrons. The lowest BCUT2D eigenvalue weighted by molar-refractivity contribution is 0.118. The highest BCUT2D eigenvalue weighted by molar-refractivity contribution is 6.28.